The summed E-state index contributed by atoms with van der Waals surface area (Å²) < 4.78 is 12.7. The van der Waals surface area contributed by atoms with Crippen molar-refractivity contribution in [2.24, 2.45) is 0 Å². The van der Waals surface area contributed by atoms with E-state index in [1.54, 1.807) is 4.68 Å². The highest BCUT2D eigenvalue weighted by molar-refractivity contribution is 5.95. The zero-order valence-corrected chi connectivity index (χ0v) is 13.5. The first-order valence-electron chi connectivity index (χ1n) is 7.99. The SMILES string of the molecule is O=C(OCc1ccn(-c2ccccc2)n1)C1=Cc2ccccc2OC1. The monoisotopic (exact) mass is 332 g/mol. The molecule has 0 atom stereocenters. The summed E-state index contributed by atoms with van der Waals surface area (Å²) >= 11 is 0. The first-order chi connectivity index (χ1) is 12.3. The van der Waals surface area contributed by atoms with Crippen molar-refractivity contribution in [1.82, 2.24) is 9.78 Å². The molecule has 2 heterocycles. The first kappa shape index (κ1) is 15.2. The molecule has 4 rings (SSSR count). The lowest BCUT2D eigenvalue weighted by molar-refractivity contribution is -0.140. The third-order valence-electron chi connectivity index (χ3n) is 3.91. The summed E-state index contributed by atoms with van der Waals surface area (Å²) in [5, 5.41) is 4.42. The van der Waals surface area contributed by atoms with E-state index in [0.29, 0.717) is 11.3 Å². The predicted molar refractivity (Wildman–Crippen MR) is 93.3 cm³/mol. The molecule has 0 N–H and O–H groups in total. The summed E-state index contributed by atoms with van der Waals surface area (Å²) in [6.07, 6.45) is 3.65. The van der Waals surface area contributed by atoms with Crippen LogP contribution in [0.4, 0.5) is 0 Å². The summed E-state index contributed by atoms with van der Waals surface area (Å²) in [5.74, 6) is 0.393. The normalized spacial score (nSPS) is 12.7. The van der Waals surface area contributed by atoms with Crippen molar-refractivity contribution in [3.05, 3.63) is 83.7 Å². The van der Waals surface area contributed by atoms with Crippen LogP contribution in [-0.4, -0.2) is 22.4 Å². The minimum atomic E-state index is -0.385. The number of esters is 1. The molecule has 0 bridgehead atoms. The Morgan fingerprint density at radius 3 is 2.76 bits per heavy atom. The molecule has 25 heavy (non-hydrogen) atoms. The van der Waals surface area contributed by atoms with Gasteiger partial charge in [-0.25, -0.2) is 9.48 Å². The zero-order chi connectivity index (χ0) is 17.1. The molecule has 0 aliphatic carbocycles. The summed E-state index contributed by atoms with van der Waals surface area (Å²) in [6, 6.07) is 19.2. The van der Waals surface area contributed by atoms with E-state index >= 15 is 0 Å². The highest BCUT2D eigenvalue weighted by Gasteiger charge is 2.18. The molecule has 0 saturated carbocycles. The lowest BCUT2D eigenvalue weighted by Gasteiger charge is -2.16. The molecule has 2 aromatic carbocycles. The van der Waals surface area contributed by atoms with Gasteiger partial charge in [0.25, 0.3) is 0 Å². The lowest BCUT2D eigenvalue weighted by atomic mass is 10.1. The van der Waals surface area contributed by atoms with Gasteiger partial charge in [0.05, 0.1) is 11.3 Å². The average molecular weight is 332 g/mol. The Balaban J connectivity index is 1.42. The van der Waals surface area contributed by atoms with Gasteiger partial charge in [-0.2, -0.15) is 5.10 Å². The van der Waals surface area contributed by atoms with Crippen LogP contribution in [0, 0.1) is 0 Å². The second kappa shape index (κ2) is 6.65. The lowest BCUT2D eigenvalue weighted by Crippen LogP contribution is -2.17. The molecular weight excluding hydrogens is 316 g/mol. The molecule has 0 unspecified atom stereocenters. The molecule has 1 aliphatic heterocycles. The van der Waals surface area contributed by atoms with E-state index in [-0.39, 0.29) is 19.2 Å². The second-order valence-electron chi connectivity index (χ2n) is 5.66. The number of carbonyl (C=O) groups excluding carboxylic acids is 1. The molecule has 1 aromatic heterocycles. The minimum absolute atomic E-state index is 0.123. The molecule has 5 nitrogen and oxygen atoms in total. The first-order valence-corrected chi connectivity index (χ1v) is 7.99. The number of rotatable bonds is 4. The van der Waals surface area contributed by atoms with Crippen LogP contribution in [0.5, 0.6) is 5.75 Å². The number of hydrogen-bond acceptors (Lipinski definition) is 4. The Bertz CT molecular complexity index is 929. The van der Waals surface area contributed by atoms with Crippen molar-refractivity contribution >= 4 is 12.0 Å². The molecule has 0 radical (unpaired) electrons. The van der Waals surface area contributed by atoms with E-state index in [1.165, 1.54) is 0 Å². The van der Waals surface area contributed by atoms with Gasteiger partial charge in [0.2, 0.25) is 0 Å². The third-order valence-corrected chi connectivity index (χ3v) is 3.91. The maximum absolute atomic E-state index is 12.3. The number of aromatic nitrogens is 2. The van der Waals surface area contributed by atoms with Crippen LogP contribution in [0.25, 0.3) is 11.8 Å². The van der Waals surface area contributed by atoms with Crippen LogP contribution in [0.1, 0.15) is 11.3 Å². The molecule has 124 valence electrons. The Kier molecular flexibility index (Phi) is 4.04. The van der Waals surface area contributed by atoms with Crippen molar-refractivity contribution in [2.45, 2.75) is 6.61 Å². The van der Waals surface area contributed by atoms with E-state index in [1.807, 2.05) is 72.9 Å². The maximum Gasteiger partial charge on any atom is 0.337 e. The van der Waals surface area contributed by atoms with E-state index in [2.05, 4.69) is 5.10 Å². The predicted octanol–water partition coefficient (Wildman–Crippen LogP) is 3.39. The largest absolute Gasteiger partial charge is 0.488 e. The van der Waals surface area contributed by atoms with Crippen molar-refractivity contribution in [3.63, 3.8) is 0 Å². The highest BCUT2D eigenvalue weighted by Crippen LogP contribution is 2.26. The van der Waals surface area contributed by atoms with E-state index in [9.17, 15) is 4.79 Å². The zero-order valence-electron chi connectivity index (χ0n) is 13.5. The summed E-state index contributed by atoms with van der Waals surface area (Å²) in [4.78, 5) is 12.3. The number of ether oxygens (including phenoxy) is 2. The van der Waals surface area contributed by atoms with Crippen LogP contribution < -0.4 is 4.74 Å². The summed E-state index contributed by atoms with van der Waals surface area (Å²) in [7, 11) is 0. The number of benzene rings is 2. The Morgan fingerprint density at radius 1 is 1.08 bits per heavy atom. The molecule has 0 saturated heterocycles. The van der Waals surface area contributed by atoms with Crippen LogP contribution in [-0.2, 0) is 16.1 Å². The molecule has 0 spiro atoms. The Hall–Kier alpha value is -3.34. The average Bonchev–Trinajstić information content (AvgIpc) is 3.15. The second-order valence-corrected chi connectivity index (χ2v) is 5.66. The molecular formula is C20H16N2O3. The van der Waals surface area contributed by atoms with Crippen molar-refractivity contribution < 1.29 is 14.3 Å². The summed E-state index contributed by atoms with van der Waals surface area (Å²) in [5.41, 5.74) is 3.03. The molecule has 0 fully saturated rings. The number of hydrogen-bond donors (Lipinski definition) is 0. The van der Waals surface area contributed by atoms with E-state index in [4.69, 9.17) is 9.47 Å². The van der Waals surface area contributed by atoms with Gasteiger partial charge in [-0.3, -0.25) is 0 Å². The van der Waals surface area contributed by atoms with Crippen LogP contribution in [0.15, 0.2) is 72.4 Å². The van der Waals surface area contributed by atoms with Gasteiger partial charge in [-0.1, -0.05) is 36.4 Å². The van der Waals surface area contributed by atoms with Crippen LogP contribution in [0.2, 0.25) is 0 Å². The number of nitrogens with zero attached hydrogens (tertiary/aromatic N) is 2. The fourth-order valence-corrected chi connectivity index (χ4v) is 2.63. The number of carbonyl (C=O) groups is 1. The fourth-order valence-electron chi connectivity index (χ4n) is 2.63. The molecule has 5 heteroatoms. The number of fused-ring (bicyclic) bond motifs is 1. The smallest absolute Gasteiger partial charge is 0.337 e. The Morgan fingerprint density at radius 2 is 1.88 bits per heavy atom. The Labute approximate surface area is 145 Å². The molecule has 1 aliphatic rings. The topological polar surface area (TPSA) is 53.4 Å². The van der Waals surface area contributed by atoms with Gasteiger partial charge in [-0.05, 0) is 30.3 Å². The summed E-state index contributed by atoms with van der Waals surface area (Å²) in [6.45, 7) is 0.339. The van der Waals surface area contributed by atoms with E-state index in [0.717, 1.165) is 17.0 Å². The fraction of sp³-hybridized carbons (Fsp3) is 0.100. The van der Waals surface area contributed by atoms with Gasteiger partial charge in [0, 0.05) is 11.8 Å². The standard InChI is InChI=1S/C20H16N2O3/c23-20(16-12-15-6-4-5-9-19(15)24-13-16)25-14-17-10-11-22(21-17)18-7-2-1-3-8-18/h1-12H,13-14H2. The van der Waals surface area contributed by atoms with Crippen molar-refractivity contribution in [1.29, 1.82) is 0 Å². The van der Waals surface area contributed by atoms with Crippen molar-refractivity contribution in [2.75, 3.05) is 6.61 Å². The maximum atomic E-state index is 12.3. The minimum Gasteiger partial charge on any atom is -0.488 e. The van der Waals surface area contributed by atoms with Gasteiger partial charge < -0.3 is 9.47 Å². The van der Waals surface area contributed by atoms with E-state index < -0.39 is 0 Å². The van der Waals surface area contributed by atoms with Gasteiger partial charge >= 0.3 is 5.97 Å². The molecule has 0 amide bonds. The third kappa shape index (κ3) is 3.30. The molecule has 3 aromatic rings. The van der Waals surface area contributed by atoms with Gasteiger partial charge in [0.15, 0.2) is 0 Å². The highest BCUT2D eigenvalue weighted by atomic mass is 16.5. The van der Waals surface area contributed by atoms with Gasteiger partial charge in [0.1, 0.15) is 24.7 Å². The van der Waals surface area contributed by atoms with Gasteiger partial charge in [-0.15, -0.1) is 0 Å². The van der Waals surface area contributed by atoms with Crippen LogP contribution >= 0.6 is 0 Å². The quantitative estimate of drug-likeness (QED) is 0.687. The van der Waals surface area contributed by atoms with Crippen molar-refractivity contribution in [3.8, 4) is 11.4 Å². The number of para-hydroxylation sites is 2. The van der Waals surface area contributed by atoms with Crippen LogP contribution in [0.3, 0.4) is 0 Å².